The van der Waals surface area contributed by atoms with Gasteiger partial charge in [-0.05, 0) is 32.9 Å². The summed E-state index contributed by atoms with van der Waals surface area (Å²) in [7, 11) is 0. The molecule has 3 rings (SSSR count). The van der Waals surface area contributed by atoms with Crippen molar-refractivity contribution in [3.63, 3.8) is 0 Å². The highest BCUT2D eigenvalue weighted by Gasteiger charge is 2.28. The van der Waals surface area contributed by atoms with E-state index in [0.29, 0.717) is 37.6 Å². The lowest BCUT2D eigenvalue weighted by atomic mass is 10.2. The number of rotatable bonds is 2. The van der Waals surface area contributed by atoms with Gasteiger partial charge in [0.15, 0.2) is 0 Å². The third-order valence-corrected chi connectivity index (χ3v) is 3.98. The van der Waals surface area contributed by atoms with E-state index in [1.807, 2.05) is 20.8 Å². The van der Waals surface area contributed by atoms with Crippen molar-refractivity contribution in [3.8, 4) is 5.82 Å². The first-order valence-electron chi connectivity index (χ1n) is 8.55. The number of aromatic nitrogens is 3. The van der Waals surface area contributed by atoms with Crippen LogP contribution in [0.15, 0.2) is 37.1 Å². The standard InChI is InChI=1S/C18H23N5O3/c1-18(2,3)26-17(25)22-10-8-21(9-11-22)16(24)14-4-5-15(20-12-14)23-7-6-19-13-23/h4-7,12-13H,8-11H2,1-3H3. The van der Waals surface area contributed by atoms with E-state index in [9.17, 15) is 9.59 Å². The lowest BCUT2D eigenvalue weighted by Crippen LogP contribution is -2.51. The fraction of sp³-hybridized carbons (Fsp3) is 0.444. The molecule has 26 heavy (non-hydrogen) atoms. The molecule has 1 aliphatic rings. The minimum Gasteiger partial charge on any atom is -0.444 e. The average molecular weight is 357 g/mol. The van der Waals surface area contributed by atoms with Crippen molar-refractivity contribution in [2.45, 2.75) is 26.4 Å². The molecule has 1 fully saturated rings. The second kappa shape index (κ2) is 7.15. The van der Waals surface area contributed by atoms with Crippen LogP contribution in [0.2, 0.25) is 0 Å². The highest BCUT2D eigenvalue weighted by molar-refractivity contribution is 5.94. The fourth-order valence-electron chi connectivity index (χ4n) is 2.66. The van der Waals surface area contributed by atoms with Crippen molar-refractivity contribution in [2.75, 3.05) is 26.2 Å². The molecule has 3 heterocycles. The number of amides is 2. The van der Waals surface area contributed by atoms with Gasteiger partial charge in [-0.15, -0.1) is 0 Å². The third kappa shape index (κ3) is 4.19. The second-order valence-corrected chi connectivity index (χ2v) is 7.13. The molecule has 2 amide bonds. The average Bonchev–Trinajstić information content (AvgIpc) is 3.14. The van der Waals surface area contributed by atoms with Crippen molar-refractivity contribution in [2.24, 2.45) is 0 Å². The molecule has 1 saturated heterocycles. The Morgan fingerprint density at radius 1 is 1.08 bits per heavy atom. The number of carbonyl (C=O) groups is 2. The number of hydrogen-bond acceptors (Lipinski definition) is 5. The zero-order chi connectivity index (χ0) is 18.7. The van der Waals surface area contributed by atoms with Crippen LogP contribution in [0, 0.1) is 0 Å². The van der Waals surface area contributed by atoms with Gasteiger partial charge in [0.1, 0.15) is 17.7 Å². The largest absolute Gasteiger partial charge is 0.444 e. The first kappa shape index (κ1) is 17.9. The molecule has 138 valence electrons. The Morgan fingerprint density at radius 3 is 2.31 bits per heavy atom. The van der Waals surface area contributed by atoms with Crippen molar-refractivity contribution in [1.29, 1.82) is 0 Å². The van der Waals surface area contributed by atoms with Crippen LogP contribution >= 0.6 is 0 Å². The maximum absolute atomic E-state index is 12.6. The Morgan fingerprint density at radius 2 is 1.77 bits per heavy atom. The Hall–Kier alpha value is -2.90. The highest BCUT2D eigenvalue weighted by Crippen LogP contribution is 2.14. The van der Waals surface area contributed by atoms with Gasteiger partial charge in [0, 0.05) is 44.8 Å². The van der Waals surface area contributed by atoms with E-state index in [1.54, 1.807) is 51.4 Å². The molecule has 0 aliphatic carbocycles. The van der Waals surface area contributed by atoms with Gasteiger partial charge in [0.2, 0.25) is 0 Å². The molecule has 1 aliphatic heterocycles. The first-order valence-corrected chi connectivity index (χ1v) is 8.55. The van der Waals surface area contributed by atoms with Crippen LogP contribution < -0.4 is 0 Å². The number of pyridine rings is 1. The van der Waals surface area contributed by atoms with Gasteiger partial charge in [-0.3, -0.25) is 9.36 Å². The van der Waals surface area contributed by atoms with Crippen LogP contribution in [-0.2, 0) is 4.74 Å². The third-order valence-electron chi connectivity index (χ3n) is 3.98. The monoisotopic (exact) mass is 357 g/mol. The van der Waals surface area contributed by atoms with E-state index in [2.05, 4.69) is 9.97 Å². The molecule has 0 atom stereocenters. The Kier molecular flexibility index (Phi) is 4.92. The van der Waals surface area contributed by atoms with Gasteiger partial charge >= 0.3 is 6.09 Å². The zero-order valence-electron chi connectivity index (χ0n) is 15.3. The van der Waals surface area contributed by atoms with Crippen LogP contribution in [0.1, 0.15) is 31.1 Å². The summed E-state index contributed by atoms with van der Waals surface area (Å²) in [6.07, 6.45) is 6.35. The number of nitrogens with zero attached hydrogens (tertiary/aromatic N) is 5. The quantitative estimate of drug-likeness (QED) is 0.821. The summed E-state index contributed by atoms with van der Waals surface area (Å²) in [5, 5.41) is 0. The van der Waals surface area contributed by atoms with E-state index in [4.69, 9.17) is 4.74 Å². The Balaban J connectivity index is 1.57. The molecule has 8 heteroatoms. The van der Waals surface area contributed by atoms with Crippen molar-refractivity contribution in [1.82, 2.24) is 24.3 Å². The van der Waals surface area contributed by atoms with Gasteiger partial charge in [-0.25, -0.2) is 14.8 Å². The van der Waals surface area contributed by atoms with Crippen molar-refractivity contribution in [3.05, 3.63) is 42.6 Å². The summed E-state index contributed by atoms with van der Waals surface area (Å²) in [6, 6.07) is 3.54. The summed E-state index contributed by atoms with van der Waals surface area (Å²) in [5.74, 6) is 0.618. The predicted octanol–water partition coefficient (Wildman–Crippen LogP) is 1.96. The molecule has 0 N–H and O–H groups in total. The van der Waals surface area contributed by atoms with E-state index >= 15 is 0 Å². The first-order chi connectivity index (χ1) is 12.3. The molecule has 0 spiro atoms. The maximum atomic E-state index is 12.6. The SMILES string of the molecule is CC(C)(C)OC(=O)N1CCN(C(=O)c2ccc(-n3ccnc3)nc2)CC1. The van der Waals surface area contributed by atoms with Crippen LogP contribution in [0.25, 0.3) is 5.82 Å². The normalized spacial score (nSPS) is 15.0. The van der Waals surface area contributed by atoms with Gasteiger partial charge in [-0.1, -0.05) is 0 Å². The maximum Gasteiger partial charge on any atom is 0.410 e. The zero-order valence-corrected chi connectivity index (χ0v) is 15.3. The molecule has 0 unspecified atom stereocenters. The lowest BCUT2D eigenvalue weighted by Gasteiger charge is -2.35. The number of carbonyl (C=O) groups excluding carboxylic acids is 2. The van der Waals surface area contributed by atoms with Gasteiger partial charge in [-0.2, -0.15) is 0 Å². The molecular weight excluding hydrogens is 334 g/mol. The number of hydrogen-bond donors (Lipinski definition) is 0. The molecule has 0 aromatic carbocycles. The van der Waals surface area contributed by atoms with E-state index in [1.165, 1.54) is 0 Å². The highest BCUT2D eigenvalue weighted by atomic mass is 16.6. The molecule has 0 radical (unpaired) electrons. The van der Waals surface area contributed by atoms with Gasteiger partial charge in [0.05, 0.1) is 5.56 Å². The molecule has 2 aromatic rings. The molecule has 0 saturated carbocycles. The molecule has 0 bridgehead atoms. The van der Waals surface area contributed by atoms with E-state index < -0.39 is 5.60 Å². The summed E-state index contributed by atoms with van der Waals surface area (Å²) in [6.45, 7) is 7.38. The summed E-state index contributed by atoms with van der Waals surface area (Å²) in [5.41, 5.74) is 0.00625. The minimum atomic E-state index is -0.521. The van der Waals surface area contributed by atoms with Gasteiger partial charge < -0.3 is 14.5 Å². The smallest absolute Gasteiger partial charge is 0.410 e. The van der Waals surface area contributed by atoms with Crippen molar-refractivity contribution < 1.29 is 14.3 Å². The number of piperazine rings is 1. The lowest BCUT2D eigenvalue weighted by molar-refractivity contribution is 0.0141. The summed E-state index contributed by atoms with van der Waals surface area (Å²) in [4.78, 5) is 36.4. The summed E-state index contributed by atoms with van der Waals surface area (Å²) >= 11 is 0. The van der Waals surface area contributed by atoms with Crippen LogP contribution in [0.4, 0.5) is 4.79 Å². The van der Waals surface area contributed by atoms with Crippen LogP contribution in [0.3, 0.4) is 0 Å². The molecule has 2 aromatic heterocycles. The van der Waals surface area contributed by atoms with Crippen LogP contribution in [0.5, 0.6) is 0 Å². The topological polar surface area (TPSA) is 80.6 Å². The minimum absolute atomic E-state index is 0.0847. The summed E-state index contributed by atoms with van der Waals surface area (Å²) < 4.78 is 7.14. The fourth-order valence-corrected chi connectivity index (χ4v) is 2.66. The van der Waals surface area contributed by atoms with Crippen LogP contribution in [-0.4, -0.2) is 68.1 Å². The molecule has 8 nitrogen and oxygen atoms in total. The second-order valence-electron chi connectivity index (χ2n) is 7.13. The predicted molar refractivity (Wildman–Crippen MR) is 95.1 cm³/mol. The number of imidazole rings is 1. The molecular formula is C18H23N5O3. The van der Waals surface area contributed by atoms with Crippen molar-refractivity contribution >= 4 is 12.0 Å². The van der Waals surface area contributed by atoms with Gasteiger partial charge in [0.25, 0.3) is 5.91 Å². The number of ether oxygens (including phenoxy) is 1. The Bertz CT molecular complexity index is 757. The Labute approximate surface area is 152 Å². The van der Waals surface area contributed by atoms with E-state index in [0.717, 1.165) is 0 Å². The van der Waals surface area contributed by atoms with E-state index in [-0.39, 0.29) is 12.0 Å².